The summed E-state index contributed by atoms with van der Waals surface area (Å²) in [7, 11) is 3.46. The summed E-state index contributed by atoms with van der Waals surface area (Å²) in [6, 6.07) is 0. The van der Waals surface area contributed by atoms with E-state index >= 15 is 0 Å². The lowest BCUT2D eigenvalue weighted by Gasteiger charge is -1.95. The van der Waals surface area contributed by atoms with Crippen molar-refractivity contribution < 1.29 is 4.79 Å². The Morgan fingerprint density at radius 1 is 1.40 bits per heavy atom. The summed E-state index contributed by atoms with van der Waals surface area (Å²) in [5.74, 6) is 2.16. The fourth-order valence-corrected chi connectivity index (χ4v) is 2.30. The maximum atomic E-state index is 10.4. The van der Waals surface area contributed by atoms with Gasteiger partial charge in [0, 0.05) is 24.5 Å². The molecule has 0 atom stereocenters. The topological polar surface area (TPSA) is 43.1 Å². The first kappa shape index (κ1) is 10.3. The standard InChI is InChI=1S/C6H13NOS2/c1-6(8)2-4-9-10-5-3-7/h2-5,7H2,1H3. The maximum absolute atomic E-state index is 10.4. The number of Topliss-reactive ketones (excluding diaryl/α,β-unsaturated/α-hetero) is 1. The molecule has 0 heterocycles. The average Bonchev–Trinajstić information content (AvgIpc) is 1.87. The van der Waals surface area contributed by atoms with Gasteiger partial charge >= 0.3 is 0 Å². The summed E-state index contributed by atoms with van der Waals surface area (Å²) in [6.45, 7) is 2.34. The zero-order valence-corrected chi connectivity index (χ0v) is 7.76. The lowest BCUT2D eigenvalue weighted by molar-refractivity contribution is -0.116. The third kappa shape index (κ3) is 8.33. The molecule has 0 amide bonds. The molecule has 0 aliphatic carbocycles. The molecule has 0 spiro atoms. The molecule has 2 N–H and O–H groups in total. The first-order valence-corrected chi connectivity index (χ1v) is 5.70. The van der Waals surface area contributed by atoms with Crippen molar-refractivity contribution >= 4 is 27.4 Å². The van der Waals surface area contributed by atoms with Gasteiger partial charge in [0.1, 0.15) is 5.78 Å². The third-order valence-electron chi connectivity index (χ3n) is 0.822. The molecule has 0 radical (unpaired) electrons. The Morgan fingerprint density at radius 3 is 2.50 bits per heavy atom. The Balaban J connectivity index is 2.84. The van der Waals surface area contributed by atoms with E-state index < -0.39 is 0 Å². The van der Waals surface area contributed by atoms with E-state index in [0.717, 1.165) is 18.1 Å². The fourth-order valence-electron chi connectivity index (χ4n) is 0.351. The second-order valence-corrected chi connectivity index (χ2v) is 4.59. The molecular formula is C6H13NOS2. The molecule has 0 rings (SSSR count). The van der Waals surface area contributed by atoms with E-state index in [0.29, 0.717) is 6.42 Å². The molecule has 0 fully saturated rings. The number of hydrogen-bond donors (Lipinski definition) is 1. The Labute approximate surface area is 69.7 Å². The van der Waals surface area contributed by atoms with Crippen LogP contribution in [0.2, 0.25) is 0 Å². The van der Waals surface area contributed by atoms with Crippen LogP contribution in [0, 0.1) is 0 Å². The highest BCUT2D eigenvalue weighted by atomic mass is 33.1. The van der Waals surface area contributed by atoms with Gasteiger partial charge in [0.2, 0.25) is 0 Å². The number of ketones is 1. The molecule has 0 bridgehead atoms. The maximum Gasteiger partial charge on any atom is 0.130 e. The minimum absolute atomic E-state index is 0.265. The molecule has 0 aromatic carbocycles. The van der Waals surface area contributed by atoms with Gasteiger partial charge in [-0.15, -0.1) is 0 Å². The SMILES string of the molecule is CC(=O)CCSSCCN. The number of hydrogen-bond acceptors (Lipinski definition) is 4. The van der Waals surface area contributed by atoms with Gasteiger partial charge in [-0.05, 0) is 6.92 Å². The van der Waals surface area contributed by atoms with Gasteiger partial charge in [-0.3, -0.25) is 4.79 Å². The van der Waals surface area contributed by atoms with E-state index in [2.05, 4.69) is 0 Å². The highest BCUT2D eigenvalue weighted by Gasteiger charge is 1.92. The Hall–Kier alpha value is 0.330. The zero-order chi connectivity index (χ0) is 7.82. The molecule has 0 aliphatic heterocycles. The molecule has 0 unspecified atom stereocenters. The van der Waals surface area contributed by atoms with E-state index in [9.17, 15) is 4.79 Å². The number of nitrogens with two attached hydrogens (primary N) is 1. The number of carbonyl (C=O) groups is 1. The van der Waals surface area contributed by atoms with E-state index in [-0.39, 0.29) is 5.78 Å². The van der Waals surface area contributed by atoms with E-state index in [1.54, 1.807) is 28.5 Å². The first-order valence-electron chi connectivity index (χ1n) is 3.21. The monoisotopic (exact) mass is 179 g/mol. The van der Waals surface area contributed by atoms with E-state index in [1.165, 1.54) is 0 Å². The molecule has 4 heteroatoms. The molecule has 0 aliphatic rings. The summed E-state index contributed by atoms with van der Waals surface area (Å²) >= 11 is 0. The van der Waals surface area contributed by atoms with Crippen LogP contribution >= 0.6 is 21.6 Å². The second-order valence-electron chi connectivity index (χ2n) is 1.88. The summed E-state index contributed by atoms with van der Waals surface area (Å²) in [6.07, 6.45) is 0.683. The smallest absolute Gasteiger partial charge is 0.130 e. The van der Waals surface area contributed by atoms with Crippen molar-refractivity contribution in [3.05, 3.63) is 0 Å². The highest BCUT2D eigenvalue weighted by molar-refractivity contribution is 8.76. The molecule has 60 valence electrons. The largest absolute Gasteiger partial charge is 0.330 e. The molecule has 0 aromatic heterocycles. The molecule has 0 aromatic rings. The Morgan fingerprint density at radius 2 is 2.00 bits per heavy atom. The highest BCUT2D eigenvalue weighted by Crippen LogP contribution is 2.20. The van der Waals surface area contributed by atoms with Crippen LogP contribution in [-0.2, 0) is 4.79 Å². The minimum Gasteiger partial charge on any atom is -0.330 e. The summed E-state index contributed by atoms with van der Waals surface area (Å²) in [5, 5.41) is 0. The summed E-state index contributed by atoms with van der Waals surface area (Å²) < 4.78 is 0. The second kappa shape index (κ2) is 7.44. The third-order valence-corrected chi connectivity index (χ3v) is 3.26. The van der Waals surface area contributed by atoms with Crippen LogP contribution in [0.15, 0.2) is 0 Å². The van der Waals surface area contributed by atoms with Crippen LogP contribution < -0.4 is 5.73 Å². The normalized spacial score (nSPS) is 9.80. The van der Waals surface area contributed by atoms with Gasteiger partial charge in [-0.25, -0.2) is 0 Å². The van der Waals surface area contributed by atoms with Crippen molar-refractivity contribution in [2.45, 2.75) is 13.3 Å². The zero-order valence-electron chi connectivity index (χ0n) is 6.13. The number of carbonyl (C=O) groups excluding carboxylic acids is 1. The van der Waals surface area contributed by atoms with Crippen molar-refractivity contribution in [2.24, 2.45) is 5.73 Å². The van der Waals surface area contributed by atoms with Crippen molar-refractivity contribution in [3.63, 3.8) is 0 Å². The van der Waals surface area contributed by atoms with Crippen molar-refractivity contribution in [2.75, 3.05) is 18.1 Å². The van der Waals surface area contributed by atoms with Crippen LogP contribution in [0.25, 0.3) is 0 Å². The van der Waals surface area contributed by atoms with Gasteiger partial charge in [0.15, 0.2) is 0 Å². The Bertz CT molecular complexity index is 97.7. The Kier molecular flexibility index (Phi) is 7.68. The average molecular weight is 179 g/mol. The predicted octanol–water partition coefficient (Wildman–Crippen LogP) is 1.31. The summed E-state index contributed by atoms with van der Waals surface area (Å²) in [5.41, 5.74) is 5.27. The van der Waals surface area contributed by atoms with Crippen LogP contribution in [0.5, 0.6) is 0 Å². The van der Waals surface area contributed by atoms with Crippen molar-refractivity contribution in [1.29, 1.82) is 0 Å². The van der Waals surface area contributed by atoms with Crippen LogP contribution in [-0.4, -0.2) is 23.8 Å². The van der Waals surface area contributed by atoms with Gasteiger partial charge < -0.3 is 5.73 Å². The van der Waals surface area contributed by atoms with Crippen molar-refractivity contribution in [3.8, 4) is 0 Å². The molecule has 0 saturated carbocycles. The van der Waals surface area contributed by atoms with Gasteiger partial charge in [0.05, 0.1) is 0 Å². The fraction of sp³-hybridized carbons (Fsp3) is 0.833. The molecule has 2 nitrogen and oxygen atoms in total. The van der Waals surface area contributed by atoms with Gasteiger partial charge in [-0.2, -0.15) is 0 Å². The predicted molar refractivity (Wildman–Crippen MR) is 49.3 cm³/mol. The van der Waals surface area contributed by atoms with Crippen LogP contribution in [0.4, 0.5) is 0 Å². The summed E-state index contributed by atoms with van der Waals surface area (Å²) in [4.78, 5) is 10.4. The quantitative estimate of drug-likeness (QED) is 0.493. The molecular weight excluding hydrogens is 166 g/mol. The van der Waals surface area contributed by atoms with E-state index in [1.807, 2.05) is 0 Å². The van der Waals surface area contributed by atoms with Crippen LogP contribution in [0.1, 0.15) is 13.3 Å². The van der Waals surface area contributed by atoms with Gasteiger partial charge in [-0.1, -0.05) is 21.6 Å². The van der Waals surface area contributed by atoms with Crippen LogP contribution in [0.3, 0.4) is 0 Å². The minimum atomic E-state index is 0.265. The lowest BCUT2D eigenvalue weighted by atomic mass is 10.4. The van der Waals surface area contributed by atoms with Gasteiger partial charge in [0.25, 0.3) is 0 Å². The van der Waals surface area contributed by atoms with Crippen molar-refractivity contribution in [1.82, 2.24) is 0 Å². The molecule has 10 heavy (non-hydrogen) atoms. The molecule has 0 saturated heterocycles. The lowest BCUT2D eigenvalue weighted by Crippen LogP contribution is -2.00. The number of rotatable bonds is 6. The van der Waals surface area contributed by atoms with E-state index in [4.69, 9.17) is 5.73 Å². The first-order chi connectivity index (χ1) is 4.77.